The van der Waals surface area contributed by atoms with E-state index in [1.54, 1.807) is 11.3 Å². The number of thiophene rings is 1. The standard InChI is InChI=1S/C17H19BrClNS/c1-2-8-20-16(15-10-14(19)17(18)21-15)13-7-6-11-4-3-5-12(11)9-13/h6-7,9-10,16,20H,2-5,8H2,1H3. The molecule has 0 bridgehead atoms. The number of nitrogens with one attached hydrogen (secondary N) is 1. The van der Waals surface area contributed by atoms with Crippen molar-refractivity contribution in [3.8, 4) is 0 Å². The molecule has 0 saturated heterocycles. The van der Waals surface area contributed by atoms with E-state index in [0.717, 1.165) is 21.8 Å². The average molecular weight is 385 g/mol. The van der Waals surface area contributed by atoms with Crippen LogP contribution in [0.1, 0.15) is 47.4 Å². The molecule has 1 aromatic heterocycles. The Morgan fingerprint density at radius 2 is 2.10 bits per heavy atom. The summed E-state index contributed by atoms with van der Waals surface area (Å²) in [6.07, 6.45) is 4.88. The zero-order chi connectivity index (χ0) is 14.8. The van der Waals surface area contributed by atoms with Crippen molar-refractivity contribution in [2.45, 2.75) is 38.6 Å². The van der Waals surface area contributed by atoms with Gasteiger partial charge in [-0.3, -0.25) is 0 Å². The van der Waals surface area contributed by atoms with E-state index >= 15 is 0 Å². The maximum atomic E-state index is 6.22. The zero-order valence-corrected chi connectivity index (χ0v) is 15.2. The summed E-state index contributed by atoms with van der Waals surface area (Å²) in [7, 11) is 0. The molecule has 1 unspecified atom stereocenters. The third-order valence-electron chi connectivity index (χ3n) is 4.00. The number of hydrogen-bond acceptors (Lipinski definition) is 2. The Labute approximate surface area is 143 Å². The highest BCUT2D eigenvalue weighted by Crippen LogP contribution is 2.38. The molecule has 1 aliphatic carbocycles. The van der Waals surface area contributed by atoms with Gasteiger partial charge in [0, 0.05) is 4.88 Å². The summed E-state index contributed by atoms with van der Waals surface area (Å²) >= 11 is 11.5. The number of fused-ring (bicyclic) bond motifs is 1. The second-order valence-electron chi connectivity index (χ2n) is 5.54. The quantitative estimate of drug-likeness (QED) is 0.693. The first-order valence-electron chi connectivity index (χ1n) is 7.49. The maximum absolute atomic E-state index is 6.22. The molecule has 1 aromatic carbocycles. The predicted molar refractivity (Wildman–Crippen MR) is 95.6 cm³/mol. The van der Waals surface area contributed by atoms with Crippen molar-refractivity contribution >= 4 is 38.9 Å². The second-order valence-corrected chi connectivity index (χ2v) is 8.35. The lowest BCUT2D eigenvalue weighted by molar-refractivity contribution is 0.605. The fourth-order valence-electron chi connectivity index (χ4n) is 2.95. The molecule has 0 amide bonds. The van der Waals surface area contributed by atoms with Gasteiger partial charge in [0.2, 0.25) is 0 Å². The molecule has 3 rings (SSSR count). The summed E-state index contributed by atoms with van der Waals surface area (Å²) in [6, 6.07) is 9.29. The lowest BCUT2D eigenvalue weighted by Gasteiger charge is -2.18. The van der Waals surface area contributed by atoms with Crippen LogP contribution in [0.4, 0.5) is 0 Å². The van der Waals surface area contributed by atoms with Gasteiger partial charge in [-0.25, -0.2) is 0 Å². The molecule has 1 aliphatic rings. The molecule has 0 saturated carbocycles. The first-order valence-corrected chi connectivity index (χ1v) is 9.47. The van der Waals surface area contributed by atoms with Crippen molar-refractivity contribution in [1.29, 1.82) is 0 Å². The van der Waals surface area contributed by atoms with Crippen LogP contribution in [0.2, 0.25) is 5.02 Å². The third-order valence-corrected chi connectivity index (χ3v) is 6.54. The summed E-state index contributed by atoms with van der Waals surface area (Å²) in [5, 5.41) is 4.47. The lowest BCUT2D eigenvalue weighted by Crippen LogP contribution is -2.22. The molecule has 112 valence electrons. The van der Waals surface area contributed by atoms with Gasteiger partial charge in [0.15, 0.2) is 0 Å². The molecule has 1 N–H and O–H groups in total. The van der Waals surface area contributed by atoms with E-state index in [0.29, 0.717) is 0 Å². The topological polar surface area (TPSA) is 12.0 Å². The van der Waals surface area contributed by atoms with E-state index in [9.17, 15) is 0 Å². The molecule has 1 nitrogen and oxygen atoms in total. The summed E-state index contributed by atoms with van der Waals surface area (Å²) in [6.45, 7) is 3.21. The average Bonchev–Trinajstić information content (AvgIpc) is 3.06. The molecule has 4 heteroatoms. The van der Waals surface area contributed by atoms with E-state index in [-0.39, 0.29) is 6.04 Å². The number of benzene rings is 1. The molecular formula is C17H19BrClNS. The Hall–Kier alpha value is -0.350. The summed E-state index contributed by atoms with van der Waals surface area (Å²) < 4.78 is 1.02. The minimum Gasteiger partial charge on any atom is -0.306 e. The van der Waals surface area contributed by atoms with E-state index in [4.69, 9.17) is 11.6 Å². The van der Waals surface area contributed by atoms with Crippen molar-refractivity contribution in [2.75, 3.05) is 6.54 Å². The fourth-order valence-corrected chi connectivity index (χ4v) is 4.80. The minimum atomic E-state index is 0.240. The Morgan fingerprint density at radius 1 is 1.29 bits per heavy atom. The molecular weight excluding hydrogens is 366 g/mol. The fraction of sp³-hybridized carbons (Fsp3) is 0.412. The molecule has 0 fully saturated rings. The van der Waals surface area contributed by atoms with Gasteiger partial charge >= 0.3 is 0 Å². The Morgan fingerprint density at radius 3 is 2.81 bits per heavy atom. The highest BCUT2D eigenvalue weighted by atomic mass is 79.9. The van der Waals surface area contributed by atoms with Gasteiger partial charge in [-0.1, -0.05) is 36.7 Å². The highest BCUT2D eigenvalue weighted by Gasteiger charge is 2.20. The van der Waals surface area contributed by atoms with E-state index in [1.807, 2.05) is 0 Å². The monoisotopic (exact) mass is 383 g/mol. The summed E-state index contributed by atoms with van der Waals surface area (Å²) in [5.74, 6) is 0. The molecule has 0 radical (unpaired) electrons. The third kappa shape index (κ3) is 3.37. The highest BCUT2D eigenvalue weighted by molar-refractivity contribution is 9.11. The van der Waals surface area contributed by atoms with E-state index < -0.39 is 0 Å². The molecule has 1 heterocycles. The van der Waals surface area contributed by atoms with Crippen molar-refractivity contribution in [3.63, 3.8) is 0 Å². The maximum Gasteiger partial charge on any atom is 0.0888 e. The molecule has 0 spiro atoms. The Bertz CT molecular complexity index is 618. The van der Waals surface area contributed by atoms with Crippen LogP contribution in [0.5, 0.6) is 0 Å². The predicted octanol–water partition coefficient (Wildman–Crippen LogP) is 5.74. The number of halogens is 2. The van der Waals surface area contributed by atoms with Crippen LogP contribution in [0.3, 0.4) is 0 Å². The van der Waals surface area contributed by atoms with Crippen molar-refractivity contribution in [3.05, 3.63) is 54.6 Å². The summed E-state index contributed by atoms with van der Waals surface area (Å²) in [4.78, 5) is 1.28. The molecule has 1 atom stereocenters. The smallest absolute Gasteiger partial charge is 0.0888 e. The van der Waals surface area contributed by atoms with Crippen molar-refractivity contribution in [1.82, 2.24) is 5.32 Å². The van der Waals surface area contributed by atoms with Crippen LogP contribution in [0.25, 0.3) is 0 Å². The van der Waals surface area contributed by atoms with Crippen LogP contribution >= 0.6 is 38.9 Å². The van der Waals surface area contributed by atoms with Gasteiger partial charge in [0.25, 0.3) is 0 Å². The van der Waals surface area contributed by atoms with Crippen LogP contribution in [0, 0.1) is 0 Å². The molecule has 2 aromatic rings. The van der Waals surface area contributed by atoms with Gasteiger partial charge < -0.3 is 5.32 Å². The van der Waals surface area contributed by atoms with Gasteiger partial charge in [-0.15, -0.1) is 11.3 Å². The molecule has 21 heavy (non-hydrogen) atoms. The van der Waals surface area contributed by atoms with Crippen molar-refractivity contribution in [2.24, 2.45) is 0 Å². The van der Waals surface area contributed by atoms with Gasteiger partial charge in [0.05, 0.1) is 14.9 Å². The van der Waals surface area contributed by atoms with Crippen LogP contribution in [-0.4, -0.2) is 6.54 Å². The summed E-state index contributed by atoms with van der Waals surface area (Å²) in [5.41, 5.74) is 4.41. The van der Waals surface area contributed by atoms with Gasteiger partial charge in [-0.2, -0.15) is 0 Å². The minimum absolute atomic E-state index is 0.240. The largest absolute Gasteiger partial charge is 0.306 e. The second kappa shape index (κ2) is 6.82. The SMILES string of the molecule is CCCNC(c1ccc2c(c1)CCC2)c1cc(Cl)c(Br)s1. The first-order chi connectivity index (χ1) is 10.2. The van der Waals surface area contributed by atoms with Crippen LogP contribution < -0.4 is 5.32 Å². The molecule has 0 aliphatic heterocycles. The van der Waals surface area contributed by atoms with Gasteiger partial charge in [0.1, 0.15) is 0 Å². The van der Waals surface area contributed by atoms with E-state index in [1.165, 1.54) is 40.8 Å². The number of aryl methyl sites for hydroxylation is 2. The number of rotatable bonds is 5. The first kappa shape index (κ1) is 15.5. The van der Waals surface area contributed by atoms with Gasteiger partial charge in [-0.05, 0) is 70.9 Å². The Balaban J connectivity index is 1.95. The normalized spacial score (nSPS) is 15.2. The lowest BCUT2D eigenvalue weighted by atomic mass is 10.00. The Kier molecular flexibility index (Phi) is 5.05. The van der Waals surface area contributed by atoms with E-state index in [2.05, 4.69) is 52.4 Å². The van der Waals surface area contributed by atoms with Crippen molar-refractivity contribution < 1.29 is 0 Å². The van der Waals surface area contributed by atoms with Crippen LogP contribution in [-0.2, 0) is 12.8 Å². The van der Waals surface area contributed by atoms with Crippen LogP contribution in [0.15, 0.2) is 28.1 Å². The number of hydrogen-bond donors (Lipinski definition) is 1. The zero-order valence-electron chi connectivity index (χ0n) is 12.1.